The Bertz CT molecular complexity index is 332. The average molecular weight is 210 g/mol. The molecular weight excluding hydrogens is 196 g/mol. The topological polar surface area (TPSA) is 95.6 Å². The zero-order valence-electron chi connectivity index (χ0n) is 8.23. The molecule has 1 aromatic rings. The van der Waals surface area contributed by atoms with E-state index in [1.165, 1.54) is 12.1 Å². The van der Waals surface area contributed by atoms with Crippen LogP contribution in [0.1, 0.15) is 16.8 Å². The molecule has 0 spiro atoms. The third kappa shape index (κ3) is 3.47. The van der Waals surface area contributed by atoms with Gasteiger partial charge in [-0.2, -0.15) is 0 Å². The van der Waals surface area contributed by atoms with Crippen molar-refractivity contribution in [1.82, 2.24) is 5.32 Å². The largest absolute Gasteiger partial charge is 0.508 e. The summed E-state index contributed by atoms with van der Waals surface area (Å²) in [6, 6.07) is 3.74. The standard InChI is InChI=1S/C10H14N2O3/c11-2-1-3-12-10(15)7-4-8(13)6-9(14)5-7/h4-6,13-14H,1-3,11H2,(H,12,15). The van der Waals surface area contributed by atoms with Gasteiger partial charge in [0.1, 0.15) is 11.5 Å². The number of phenols is 2. The summed E-state index contributed by atoms with van der Waals surface area (Å²) in [6.07, 6.45) is 0.691. The Hall–Kier alpha value is -1.75. The number of carbonyl (C=O) groups excluding carboxylic acids is 1. The molecule has 5 N–H and O–H groups in total. The van der Waals surface area contributed by atoms with Gasteiger partial charge in [-0.15, -0.1) is 0 Å². The lowest BCUT2D eigenvalue weighted by atomic mass is 10.2. The lowest BCUT2D eigenvalue weighted by Gasteiger charge is -2.05. The number of nitrogens with two attached hydrogens (primary N) is 1. The fourth-order valence-electron chi connectivity index (χ4n) is 1.13. The minimum atomic E-state index is -0.338. The molecule has 5 nitrogen and oxygen atoms in total. The van der Waals surface area contributed by atoms with Gasteiger partial charge in [-0.25, -0.2) is 0 Å². The van der Waals surface area contributed by atoms with Crippen LogP contribution in [0.15, 0.2) is 18.2 Å². The minimum absolute atomic E-state index is 0.140. The zero-order valence-corrected chi connectivity index (χ0v) is 8.23. The first-order chi connectivity index (χ1) is 7.13. The number of aromatic hydroxyl groups is 2. The van der Waals surface area contributed by atoms with Crippen LogP contribution in [0.3, 0.4) is 0 Å². The fraction of sp³-hybridized carbons (Fsp3) is 0.300. The first-order valence-electron chi connectivity index (χ1n) is 4.65. The summed E-state index contributed by atoms with van der Waals surface area (Å²) in [6.45, 7) is 0.983. The Morgan fingerprint density at radius 3 is 2.40 bits per heavy atom. The second-order valence-electron chi connectivity index (χ2n) is 3.14. The van der Waals surface area contributed by atoms with Crippen molar-refractivity contribution in [2.75, 3.05) is 13.1 Å². The van der Waals surface area contributed by atoms with E-state index in [-0.39, 0.29) is 23.0 Å². The number of hydrogen-bond acceptors (Lipinski definition) is 4. The molecule has 82 valence electrons. The van der Waals surface area contributed by atoms with E-state index in [9.17, 15) is 4.79 Å². The molecule has 0 saturated heterocycles. The van der Waals surface area contributed by atoms with Gasteiger partial charge >= 0.3 is 0 Å². The summed E-state index contributed by atoms with van der Waals surface area (Å²) in [5.41, 5.74) is 5.50. The molecule has 0 radical (unpaired) electrons. The molecule has 1 rings (SSSR count). The first-order valence-corrected chi connectivity index (χ1v) is 4.65. The highest BCUT2D eigenvalue weighted by Crippen LogP contribution is 2.20. The first kappa shape index (κ1) is 11.3. The molecule has 0 unspecified atom stereocenters. The summed E-state index contributed by atoms with van der Waals surface area (Å²) in [7, 11) is 0. The molecule has 0 aliphatic heterocycles. The van der Waals surface area contributed by atoms with Crippen LogP contribution in [-0.2, 0) is 0 Å². The van der Waals surface area contributed by atoms with Crippen LogP contribution >= 0.6 is 0 Å². The maximum Gasteiger partial charge on any atom is 0.251 e. The molecule has 15 heavy (non-hydrogen) atoms. The SMILES string of the molecule is NCCCNC(=O)c1cc(O)cc(O)c1. The van der Waals surface area contributed by atoms with Crippen LogP contribution in [0.4, 0.5) is 0 Å². The fourth-order valence-corrected chi connectivity index (χ4v) is 1.13. The third-order valence-electron chi connectivity index (χ3n) is 1.83. The van der Waals surface area contributed by atoms with E-state index in [0.29, 0.717) is 19.5 Å². The number of carbonyl (C=O) groups is 1. The van der Waals surface area contributed by atoms with Gasteiger partial charge in [-0.1, -0.05) is 0 Å². The average Bonchev–Trinajstić information content (AvgIpc) is 2.16. The van der Waals surface area contributed by atoms with Crippen LogP contribution in [0.25, 0.3) is 0 Å². The molecule has 0 aliphatic carbocycles. The van der Waals surface area contributed by atoms with Gasteiger partial charge in [0.15, 0.2) is 0 Å². The maximum absolute atomic E-state index is 11.4. The normalized spacial score (nSPS) is 9.93. The predicted molar refractivity (Wildman–Crippen MR) is 55.8 cm³/mol. The van der Waals surface area contributed by atoms with Crippen LogP contribution in [-0.4, -0.2) is 29.2 Å². The van der Waals surface area contributed by atoms with E-state index >= 15 is 0 Å². The smallest absolute Gasteiger partial charge is 0.251 e. The van der Waals surface area contributed by atoms with Gasteiger partial charge in [0.05, 0.1) is 0 Å². The van der Waals surface area contributed by atoms with Crippen molar-refractivity contribution in [3.8, 4) is 11.5 Å². The lowest BCUT2D eigenvalue weighted by Crippen LogP contribution is -2.25. The number of hydrogen-bond donors (Lipinski definition) is 4. The number of rotatable bonds is 4. The number of nitrogens with one attached hydrogen (secondary N) is 1. The number of phenolic OH excluding ortho intramolecular Hbond substituents is 2. The maximum atomic E-state index is 11.4. The van der Waals surface area contributed by atoms with Gasteiger partial charge in [0, 0.05) is 18.2 Å². The van der Waals surface area contributed by atoms with Crippen molar-refractivity contribution in [3.05, 3.63) is 23.8 Å². The van der Waals surface area contributed by atoms with E-state index in [0.717, 1.165) is 6.07 Å². The van der Waals surface area contributed by atoms with Crippen LogP contribution in [0, 0.1) is 0 Å². The molecule has 0 heterocycles. The molecule has 0 atom stereocenters. The van der Waals surface area contributed by atoms with Gasteiger partial charge in [-0.3, -0.25) is 4.79 Å². The molecule has 1 amide bonds. The molecule has 1 aromatic carbocycles. The van der Waals surface area contributed by atoms with Crippen LogP contribution in [0.2, 0.25) is 0 Å². The Morgan fingerprint density at radius 2 is 1.87 bits per heavy atom. The molecular formula is C10H14N2O3. The Balaban J connectivity index is 2.65. The molecule has 5 heteroatoms. The van der Waals surface area contributed by atoms with Gasteiger partial charge in [0.2, 0.25) is 0 Å². The Labute approximate surface area is 87.5 Å². The molecule has 0 saturated carbocycles. The predicted octanol–water partition coefficient (Wildman–Crippen LogP) is 0.176. The number of amides is 1. The van der Waals surface area contributed by atoms with Crippen molar-refractivity contribution in [1.29, 1.82) is 0 Å². The van der Waals surface area contributed by atoms with E-state index < -0.39 is 0 Å². The van der Waals surface area contributed by atoms with Crippen LogP contribution in [0.5, 0.6) is 11.5 Å². The van der Waals surface area contributed by atoms with Crippen molar-refractivity contribution < 1.29 is 15.0 Å². The van der Waals surface area contributed by atoms with Gasteiger partial charge in [-0.05, 0) is 25.1 Å². The molecule has 0 aliphatic rings. The summed E-state index contributed by atoms with van der Waals surface area (Å²) in [4.78, 5) is 11.4. The monoisotopic (exact) mass is 210 g/mol. The molecule has 0 fully saturated rings. The third-order valence-corrected chi connectivity index (χ3v) is 1.83. The highest BCUT2D eigenvalue weighted by Gasteiger charge is 2.07. The van der Waals surface area contributed by atoms with Gasteiger partial charge < -0.3 is 21.3 Å². The molecule has 0 aromatic heterocycles. The van der Waals surface area contributed by atoms with Crippen molar-refractivity contribution in [2.24, 2.45) is 5.73 Å². The highest BCUT2D eigenvalue weighted by molar-refractivity contribution is 5.94. The van der Waals surface area contributed by atoms with Crippen molar-refractivity contribution in [2.45, 2.75) is 6.42 Å². The van der Waals surface area contributed by atoms with E-state index in [4.69, 9.17) is 15.9 Å². The Morgan fingerprint density at radius 1 is 1.27 bits per heavy atom. The zero-order chi connectivity index (χ0) is 11.3. The van der Waals surface area contributed by atoms with E-state index in [2.05, 4.69) is 5.32 Å². The van der Waals surface area contributed by atoms with Crippen LogP contribution < -0.4 is 11.1 Å². The summed E-state index contributed by atoms with van der Waals surface area (Å²) in [5.74, 6) is -0.618. The summed E-state index contributed by atoms with van der Waals surface area (Å²) < 4.78 is 0. The Kier molecular flexibility index (Phi) is 3.93. The summed E-state index contributed by atoms with van der Waals surface area (Å²) in [5, 5.41) is 20.9. The number of benzene rings is 1. The van der Waals surface area contributed by atoms with Crippen molar-refractivity contribution >= 4 is 5.91 Å². The summed E-state index contributed by atoms with van der Waals surface area (Å²) >= 11 is 0. The second-order valence-corrected chi connectivity index (χ2v) is 3.14. The quantitative estimate of drug-likeness (QED) is 0.533. The lowest BCUT2D eigenvalue weighted by molar-refractivity contribution is 0.0952. The highest BCUT2D eigenvalue weighted by atomic mass is 16.3. The van der Waals surface area contributed by atoms with E-state index in [1.54, 1.807) is 0 Å². The molecule has 0 bridgehead atoms. The minimum Gasteiger partial charge on any atom is -0.508 e. The van der Waals surface area contributed by atoms with E-state index in [1.807, 2.05) is 0 Å². The van der Waals surface area contributed by atoms with Gasteiger partial charge in [0.25, 0.3) is 5.91 Å². The van der Waals surface area contributed by atoms with Crippen molar-refractivity contribution in [3.63, 3.8) is 0 Å². The second kappa shape index (κ2) is 5.21.